The van der Waals surface area contributed by atoms with Crippen molar-refractivity contribution in [2.75, 3.05) is 33.9 Å². The first-order valence-electron chi connectivity index (χ1n) is 21.6. The van der Waals surface area contributed by atoms with Crippen LogP contribution in [0.1, 0.15) is 196 Å². The number of nitrogens with zero attached hydrogens (tertiary/aromatic N) is 1. The molecule has 7 nitrogen and oxygen atoms in total. The van der Waals surface area contributed by atoms with E-state index in [1.54, 1.807) is 0 Å². The van der Waals surface area contributed by atoms with Gasteiger partial charge in [-0.25, -0.2) is 0 Å². The molecule has 0 aliphatic heterocycles. The maximum absolute atomic E-state index is 12.5. The highest BCUT2D eigenvalue weighted by atomic mass is 16.5. The Kier molecular flexibility index (Phi) is 31.9. The molecule has 0 aliphatic rings. The number of carbonyl (C=O) groups excluding carboxylic acids is 3. The SMILES string of the molecule is CCCCC(CCC(=O)OCCCCCCCCC(CCCCCCCCOC(=O)CCC(CCC(C)C)C(C)C)NC(=O)CN(C)C)C(C)C. The summed E-state index contributed by atoms with van der Waals surface area (Å²) >= 11 is 0. The summed E-state index contributed by atoms with van der Waals surface area (Å²) in [5, 5.41) is 3.30. The van der Waals surface area contributed by atoms with Crippen LogP contribution in [0.25, 0.3) is 0 Å². The third-order valence-electron chi connectivity index (χ3n) is 10.6. The zero-order valence-electron chi connectivity index (χ0n) is 35.3. The third-order valence-corrected chi connectivity index (χ3v) is 10.6. The molecule has 302 valence electrons. The predicted molar refractivity (Wildman–Crippen MR) is 216 cm³/mol. The quantitative estimate of drug-likeness (QED) is 0.0518. The van der Waals surface area contributed by atoms with Crippen LogP contribution in [0.3, 0.4) is 0 Å². The van der Waals surface area contributed by atoms with Gasteiger partial charge in [-0.3, -0.25) is 14.4 Å². The Bertz CT molecular complexity index is 843. The second-order valence-corrected chi connectivity index (χ2v) is 17.0. The summed E-state index contributed by atoms with van der Waals surface area (Å²) in [6, 6.07) is 0.245. The second-order valence-electron chi connectivity index (χ2n) is 17.0. The number of ether oxygens (including phenoxy) is 2. The minimum absolute atomic E-state index is 0.0320. The van der Waals surface area contributed by atoms with E-state index in [1.165, 1.54) is 57.8 Å². The Hall–Kier alpha value is -1.63. The molecule has 1 amide bonds. The molecule has 0 bridgehead atoms. The molecule has 0 aliphatic carbocycles. The average Bonchev–Trinajstić information content (AvgIpc) is 3.05. The number of rotatable bonds is 35. The first-order valence-corrected chi connectivity index (χ1v) is 21.6. The highest BCUT2D eigenvalue weighted by Gasteiger charge is 2.17. The summed E-state index contributed by atoms with van der Waals surface area (Å²) in [7, 11) is 3.87. The number of unbranched alkanes of at least 4 members (excludes halogenated alkanes) is 11. The molecule has 0 saturated heterocycles. The van der Waals surface area contributed by atoms with Crippen molar-refractivity contribution in [3.8, 4) is 0 Å². The molecule has 0 aromatic carbocycles. The van der Waals surface area contributed by atoms with Gasteiger partial charge >= 0.3 is 11.9 Å². The van der Waals surface area contributed by atoms with E-state index in [9.17, 15) is 14.4 Å². The van der Waals surface area contributed by atoms with Gasteiger partial charge in [-0.05, 0) is 88.6 Å². The van der Waals surface area contributed by atoms with Crippen LogP contribution in [-0.4, -0.2) is 62.6 Å². The molecular formula is C44H86N2O5. The lowest BCUT2D eigenvalue weighted by molar-refractivity contribution is -0.145. The molecule has 51 heavy (non-hydrogen) atoms. The van der Waals surface area contributed by atoms with Gasteiger partial charge in [-0.15, -0.1) is 0 Å². The molecule has 3 atom stereocenters. The van der Waals surface area contributed by atoms with E-state index >= 15 is 0 Å². The summed E-state index contributed by atoms with van der Waals surface area (Å²) in [4.78, 5) is 38.9. The molecule has 0 radical (unpaired) electrons. The van der Waals surface area contributed by atoms with Crippen molar-refractivity contribution >= 4 is 17.8 Å². The van der Waals surface area contributed by atoms with Gasteiger partial charge in [-0.2, -0.15) is 0 Å². The maximum atomic E-state index is 12.5. The zero-order valence-corrected chi connectivity index (χ0v) is 35.3. The molecule has 7 heteroatoms. The van der Waals surface area contributed by atoms with Crippen molar-refractivity contribution in [3.63, 3.8) is 0 Å². The summed E-state index contributed by atoms with van der Waals surface area (Å²) in [6.45, 7) is 17.3. The van der Waals surface area contributed by atoms with Gasteiger partial charge in [0.2, 0.25) is 5.91 Å². The fourth-order valence-corrected chi connectivity index (χ4v) is 7.01. The Morgan fingerprint density at radius 1 is 0.529 bits per heavy atom. The van der Waals surface area contributed by atoms with E-state index in [-0.39, 0.29) is 23.9 Å². The van der Waals surface area contributed by atoms with Crippen LogP contribution in [0.2, 0.25) is 0 Å². The van der Waals surface area contributed by atoms with Gasteiger partial charge in [0.25, 0.3) is 0 Å². The van der Waals surface area contributed by atoms with E-state index in [4.69, 9.17) is 9.47 Å². The molecule has 3 unspecified atom stereocenters. The van der Waals surface area contributed by atoms with Gasteiger partial charge < -0.3 is 19.7 Å². The van der Waals surface area contributed by atoms with Gasteiger partial charge in [-0.1, -0.05) is 138 Å². The fraction of sp³-hybridized carbons (Fsp3) is 0.932. The minimum Gasteiger partial charge on any atom is -0.466 e. The molecule has 0 aromatic heterocycles. The molecule has 0 saturated carbocycles. The monoisotopic (exact) mass is 723 g/mol. The molecule has 1 N–H and O–H groups in total. The number of hydrogen-bond donors (Lipinski definition) is 1. The lowest BCUT2D eigenvalue weighted by Crippen LogP contribution is -2.40. The van der Waals surface area contributed by atoms with Crippen LogP contribution >= 0.6 is 0 Å². The fourth-order valence-electron chi connectivity index (χ4n) is 7.01. The molecular weight excluding hydrogens is 636 g/mol. The Labute approximate surface area is 316 Å². The van der Waals surface area contributed by atoms with Crippen molar-refractivity contribution in [3.05, 3.63) is 0 Å². The van der Waals surface area contributed by atoms with Gasteiger partial charge in [0.15, 0.2) is 0 Å². The molecule has 0 heterocycles. The van der Waals surface area contributed by atoms with E-state index in [2.05, 4.69) is 53.8 Å². The highest BCUT2D eigenvalue weighted by molar-refractivity contribution is 5.78. The number of hydrogen-bond acceptors (Lipinski definition) is 6. The normalized spacial score (nSPS) is 13.6. The van der Waals surface area contributed by atoms with Gasteiger partial charge in [0.05, 0.1) is 19.8 Å². The number of likely N-dealkylation sites (N-methyl/N-ethyl adjacent to an activating group) is 1. The predicted octanol–water partition coefficient (Wildman–Crippen LogP) is 11.3. The minimum atomic E-state index is -0.0336. The van der Waals surface area contributed by atoms with Crippen molar-refractivity contribution in [2.45, 2.75) is 202 Å². The van der Waals surface area contributed by atoms with E-state index in [1.807, 2.05) is 19.0 Å². The molecule has 0 rings (SSSR count). The van der Waals surface area contributed by atoms with E-state index in [0.29, 0.717) is 62.2 Å². The van der Waals surface area contributed by atoms with E-state index < -0.39 is 0 Å². The largest absolute Gasteiger partial charge is 0.466 e. The van der Waals surface area contributed by atoms with Crippen LogP contribution in [0.4, 0.5) is 0 Å². The van der Waals surface area contributed by atoms with E-state index in [0.717, 1.165) is 77.0 Å². The number of nitrogens with one attached hydrogen (secondary N) is 1. The molecule has 0 fully saturated rings. The van der Waals surface area contributed by atoms with Crippen molar-refractivity contribution in [1.82, 2.24) is 10.2 Å². The smallest absolute Gasteiger partial charge is 0.305 e. The Balaban J connectivity index is 4.10. The molecule has 0 aromatic rings. The van der Waals surface area contributed by atoms with Crippen molar-refractivity contribution < 1.29 is 23.9 Å². The summed E-state index contributed by atoms with van der Waals surface area (Å²) in [5.74, 6) is 3.23. The maximum Gasteiger partial charge on any atom is 0.305 e. The number of amides is 1. The standard InChI is InChI=1S/C44H86N2O5/c1-10-11-24-39(37(4)5)29-31-43(48)50-33-22-18-14-12-16-20-25-41(45-42(47)35-46(8)9)26-21-17-13-15-19-23-34-51-44(49)32-30-40(38(6)7)28-27-36(2)3/h36-41H,10-35H2,1-9H3,(H,45,47). The van der Waals surface area contributed by atoms with Gasteiger partial charge in [0.1, 0.15) is 0 Å². The van der Waals surface area contributed by atoms with Crippen LogP contribution in [0.15, 0.2) is 0 Å². The van der Waals surface area contributed by atoms with Crippen molar-refractivity contribution in [1.29, 1.82) is 0 Å². The number of esters is 2. The Morgan fingerprint density at radius 3 is 1.37 bits per heavy atom. The summed E-state index contributed by atoms with van der Waals surface area (Å²) in [5.41, 5.74) is 0. The Morgan fingerprint density at radius 2 is 0.961 bits per heavy atom. The second kappa shape index (κ2) is 33.0. The van der Waals surface area contributed by atoms with Crippen LogP contribution in [0, 0.1) is 29.6 Å². The highest BCUT2D eigenvalue weighted by Crippen LogP contribution is 2.25. The lowest BCUT2D eigenvalue weighted by atomic mass is 9.85. The number of carbonyl (C=O) groups is 3. The van der Waals surface area contributed by atoms with Crippen LogP contribution < -0.4 is 5.32 Å². The average molecular weight is 723 g/mol. The third kappa shape index (κ3) is 31.6. The first kappa shape index (κ1) is 49.4. The van der Waals surface area contributed by atoms with Crippen LogP contribution in [0.5, 0.6) is 0 Å². The van der Waals surface area contributed by atoms with Crippen molar-refractivity contribution in [2.24, 2.45) is 29.6 Å². The summed E-state index contributed by atoms with van der Waals surface area (Å²) in [6.07, 6.45) is 24.6. The van der Waals surface area contributed by atoms with Gasteiger partial charge in [0, 0.05) is 18.9 Å². The zero-order chi connectivity index (χ0) is 38.3. The first-order chi connectivity index (χ1) is 24.3. The van der Waals surface area contributed by atoms with Crippen LogP contribution in [-0.2, 0) is 23.9 Å². The summed E-state index contributed by atoms with van der Waals surface area (Å²) < 4.78 is 11.1. The lowest BCUT2D eigenvalue weighted by Gasteiger charge is -2.21. The topological polar surface area (TPSA) is 84.9 Å². The molecule has 0 spiro atoms.